The minimum absolute atomic E-state index is 0.0716. The Hall–Kier alpha value is -3.64. The monoisotopic (exact) mass is 548 g/mol. The molecule has 2 aromatic heterocycles. The third-order valence-corrected chi connectivity index (χ3v) is 7.60. The normalized spacial score (nSPS) is 13.8. The van der Waals surface area contributed by atoms with Gasteiger partial charge in [-0.15, -0.1) is 21.5 Å². The number of aliphatic imine (C=N–C) groups is 1. The fourth-order valence-electron chi connectivity index (χ4n) is 4.09. The van der Waals surface area contributed by atoms with Crippen LogP contribution in [0.25, 0.3) is 5.00 Å². The number of nitrogens with zero attached hydrogens (tertiary/aromatic N) is 4. The van der Waals surface area contributed by atoms with Crippen molar-refractivity contribution in [3.05, 3.63) is 92.3 Å². The Kier molecular flexibility index (Phi) is 8.22. The number of thiophene rings is 1. The number of carbonyl (C=O) groups excluding carboxylic acids is 1. The highest BCUT2D eigenvalue weighted by Crippen LogP contribution is 2.39. The molecule has 12 heteroatoms. The van der Waals surface area contributed by atoms with E-state index in [1.807, 2.05) is 35.8 Å². The molecule has 1 atom stereocenters. The van der Waals surface area contributed by atoms with Crippen molar-refractivity contribution in [2.75, 3.05) is 0 Å². The van der Waals surface area contributed by atoms with Crippen LogP contribution >= 0.6 is 22.9 Å². The van der Waals surface area contributed by atoms with E-state index in [0.717, 1.165) is 38.8 Å². The number of benzene rings is 2. The number of halogens is 1. The molecule has 5 N–H and O–H groups in total. The highest BCUT2D eigenvalue weighted by Gasteiger charge is 2.31. The van der Waals surface area contributed by atoms with Crippen LogP contribution in [0.2, 0.25) is 5.02 Å². The van der Waals surface area contributed by atoms with Gasteiger partial charge >= 0.3 is 7.12 Å². The van der Waals surface area contributed by atoms with Crippen LogP contribution in [0.5, 0.6) is 0 Å². The standard InChI is InChI=1S/C19H18ClN5OS.C7H8BNO2/c1-9-10(2)27-19-16(9)17(12-4-6-13(20)7-5-12)22-14(8-15(21)26)18-24-23-11(3)25(18)19;9-5-6-1-3-7(4-2-6)8(10)11/h4-7,14H,8H2,1-3H3,(H2,21,26);1-5,9-11H. The van der Waals surface area contributed by atoms with Crippen molar-refractivity contribution < 1.29 is 14.8 Å². The Morgan fingerprint density at radius 2 is 1.79 bits per heavy atom. The topological polar surface area (TPSA) is 150 Å². The fourth-order valence-corrected chi connectivity index (χ4v) is 5.43. The van der Waals surface area contributed by atoms with Crippen LogP contribution in [0, 0.1) is 26.2 Å². The minimum Gasteiger partial charge on any atom is -0.423 e. The van der Waals surface area contributed by atoms with Crippen molar-refractivity contribution >= 4 is 53.4 Å². The predicted octanol–water partition coefficient (Wildman–Crippen LogP) is 3.04. The molecule has 0 saturated carbocycles. The summed E-state index contributed by atoms with van der Waals surface area (Å²) in [5.41, 5.74) is 10.6. The summed E-state index contributed by atoms with van der Waals surface area (Å²) in [5.74, 6) is 0.969. The number of nitrogens with two attached hydrogens (primary N) is 1. The van der Waals surface area contributed by atoms with E-state index in [4.69, 9.17) is 37.8 Å². The lowest BCUT2D eigenvalue weighted by Crippen LogP contribution is -2.29. The van der Waals surface area contributed by atoms with Crippen molar-refractivity contribution in [2.45, 2.75) is 33.2 Å². The van der Waals surface area contributed by atoms with Gasteiger partial charge in [-0.1, -0.05) is 48.0 Å². The van der Waals surface area contributed by atoms with Crippen molar-refractivity contribution in [2.24, 2.45) is 10.7 Å². The van der Waals surface area contributed by atoms with Gasteiger partial charge < -0.3 is 21.2 Å². The van der Waals surface area contributed by atoms with Gasteiger partial charge in [0.2, 0.25) is 5.91 Å². The van der Waals surface area contributed by atoms with Crippen LogP contribution < -0.4 is 11.2 Å². The third-order valence-electron chi connectivity index (χ3n) is 6.15. The van der Waals surface area contributed by atoms with E-state index in [1.54, 1.807) is 35.6 Å². The molecule has 0 saturated heterocycles. The molecule has 0 spiro atoms. The molecule has 1 unspecified atom stereocenters. The second kappa shape index (κ2) is 11.4. The largest absolute Gasteiger partial charge is 0.488 e. The first kappa shape index (κ1) is 27.4. The molecule has 2 aromatic carbocycles. The molecule has 4 aromatic rings. The van der Waals surface area contributed by atoms with Gasteiger partial charge in [-0.2, -0.15) is 0 Å². The molecular weight excluding hydrogens is 523 g/mol. The van der Waals surface area contributed by atoms with E-state index in [-0.39, 0.29) is 6.42 Å². The molecule has 0 fully saturated rings. The van der Waals surface area contributed by atoms with Gasteiger partial charge in [0, 0.05) is 27.2 Å². The summed E-state index contributed by atoms with van der Waals surface area (Å²) in [6.45, 7) is 6.08. The van der Waals surface area contributed by atoms with E-state index in [1.165, 1.54) is 11.1 Å². The number of hydrogen-bond donors (Lipinski definition) is 4. The van der Waals surface area contributed by atoms with Crippen molar-refractivity contribution in [3.8, 4) is 5.00 Å². The van der Waals surface area contributed by atoms with Crippen LogP contribution in [0.4, 0.5) is 0 Å². The summed E-state index contributed by atoms with van der Waals surface area (Å²) >= 11 is 7.74. The van der Waals surface area contributed by atoms with Gasteiger partial charge in [-0.25, -0.2) is 0 Å². The average Bonchev–Trinajstić information content (AvgIpc) is 3.37. The van der Waals surface area contributed by atoms with E-state index >= 15 is 0 Å². The number of rotatable bonds is 5. The zero-order chi connectivity index (χ0) is 27.6. The summed E-state index contributed by atoms with van der Waals surface area (Å²) in [5, 5.41) is 34.5. The number of aryl methyl sites for hydroxylation is 2. The maximum Gasteiger partial charge on any atom is 0.488 e. The van der Waals surface area contributed by atoms with E-state index in [2.05, 4.69) is 24.0 Å². The maximum absolute atomic E-state index is 11.7. The molecule has 3 heterocycles. The molecule has 0 radical (unpaired) electrons. The van der Waals surface area contributed by atoms with Crippen LogP contribution in [0.1, 0.15) is 51.2 Å². The summed E-state index contributed by atoms with van der Waals surface area (Å²) in [6, 6.07) is 13.5. The first-order chi connectivity index (χ1) is 18.1. The first-order valence-electron chi connectivity index (χ1n) is 11.7. The van der Waals surface area contributed by atoms with Crippen LogP contribution in [0.3, 0.4) is 0 Å². The highest BCUT2D eigenvalue weighted by molar-refractivity contribution is 7.15. The average molecular weight is 549 g/mol. The summed E-state index contributed by atoms with van der Waals surface area (Å²) in [4.78, 5) is 17.8. The Labute approximate surface area is 229 Å². The Balaban J connectivity index is 0.000000257. The molecule has 0 bridgehead atoms. The van der Waals surface area contributed by atoms with Gasteiger partial charge in [0.15, 0.2) is 5.82 Å². The minimum atomic E-state index is -1.42. The summed E-state index contributed by atoms with van der Waals surface area (Å²) in [7, 11) is -1.42. The van der Waals surface area contributed by atoms with Gasteiger partial charge in [0.1, 0.15) is 16.9 Å². The van der Waals surface area contributed by atoms with Gasteiger partial charge in [-0.3, -0.25) is 14.4 Å². The number of fused-ring (bicyclic) bond motifs is 3. The lowest BCUT2D eigenvalue weighted by molar-refractivity contribution is -0.118. The highest BCUT2D eigenvalue weighted by atomic mass is 35.5. The second-order valence-corrected chi connectivity index (χ2v) is 10.4. The van der Waals surface area contributed by atoms with Crippen molar-refractivity contribution in [1.82, 2.24) is 14.8 Å². The molecule has 1 aliphatic rings. The number of hydrogen-bond acceptors (Lipinski definition) is 8. The molecule has 194 valence electrons. The Morgan fingerprint density at radius 3 is 2.37 bits per heavy atom. The van der Waals surface area contributed by atoms with Crippen LogP contribution in [-0.4, -0.2) is 49.8 Å². The molecule has 9 nitrogen and oxygen atoms in total. The number of nitrogens with one attached hydrogen (secondary N) is 1. The number of aromatic nitrogens is 3. The first-order valence-corrected chi connectivity index (χ1v) is 12.9. The van der Waals surface area contributed by atoms with Crippen LogP contribution in [0.15, 0.2) is 53.5 Å². The lowest BCUT2D eigenvalue weighted by atomic mass is 9.80. The second-order valence-electron chi connectivity index (χ2n) is 8.76. The summed E-state index contributed by atoms with van der Waals surface area (Å²) in [6.07, 6.45) is 1.27. The smallest absolute Gasteiger partial charge is 0.423 e. The lowest BCUT2D eigenvalue weighted by Gasteiger charge is -2.11. The Bertz CT molecular complexity index is 1510. The number of amides is 1. The van der Waals surface area contributed by atoms with Crippen molar-refractivity contribution in [3.63, 3.8) is 0 Å². The third kappa shape index (κ3) is 5.61. The van der Waals surface area contributed by atoms with Gasteiger partial charge in [0.05, 0.1) is 12.1 Å². The molecule has 38 heavy (non-hydrogen) atoms. The van der Waals surface area contributed by atoms with E-state index < -0.39 is 19.1 Å². The Morgan fingerprint density at radius 1 is 1.13 bits per heavy atom. The fraction of sp³-hybridized carbons (Fsp3) is 0.192. The number of primary amides is 1. The zero-order valence-electron chi connectivity index (χ0n) is 21.0. The molecule has 1 aliphatic heterocycles. The van der Waals surface area contributed by atoms with E-state index in [9.17, 15) is 4.79 Å². The summed E-state index contributed by atoms with van der Waals surface area (Å²) < 4.78 is 2.00. The quantitative estimate of drug-likeness (QED) is 0.223. The predicted molar refractivity (Wildman–Crippen MR) is 151 cm³/mol. The molecular formula is C26H26BClN6O3S. The van der Waals surface area contributed by atoms with E-state index in [0.29, 0.717) is 16.3 Å². The SMILES string of the molecule is Cc1sc2c(c1C)C(c1ccc(Cl)cc1)=NC(CC(N)=O)c1nnc(C)n1-2.N=Cc1ccc(B(O)O)cc1. The van der Waals surface area contributed by atoms with Crippen LogP contribution in [-0.2, 0) is 4.79 Å². The number of carbonyl (C=O) groups is 1. The molecule has 0 aliphatic carbocycles. The maximum atomic E-state index is 11.7. The molecule has 1 amide bonds. The molecule has 5 rings (SSSR count). The zero-order valence-corrected chi connectivity index (χ0v) is 22.6. The van der Waals surface area contributed by atoms with Gasteiger partial charge in [-0.05, 0) is 49.5 Å². The van der Waals surface area contributed by atoms with Gasteiger partial charge in [0.25, 0.3) is 0 Å². The van der Waals surface area contributed by atoms with Crippen molar-refractivity contribution in [1.29, 1.82) is 5.41 Å².